The molecule has 3 aliphatic rings. The van der Waals surface area contributed by atoms with Gasteiger partial charge in [-0.15, -0.1) is 11.8 Å². The summed E-state index contributed by atoms with van der Waals surface area (Å²) in [5.74, 6) is 0.394. The number of amides is 2. The van der Waals surface area contributed by atoms with E-state index in [-0.39, 0.29) is 29.3 Å². The number of hydrogen-bond acceptors (Lipinski definition) is 5. The summed E-state index contributed by atoms with van der Waals surface area (Å²) in [6.07, 6.45) is 7.53. The quantitative estimate of drug-likeness (QED) is 0.668. The first kappa shape index (κ1) is 22.6. The molecule has 1 aromatic carbocycles. The molecule has 170 valence electrons. The van der Waals surface area contributed by atoms with E-state index in [1.54, 1.807) is 23.1 Å². The molecule has 2 fully saturated rings. The molecular formula is C22H31N3O4S2. The summed E-state index contributed by atoms with van der Waals surface area (Å²) < 4.78 is 27.7. The van der Waals surface area contributed by atoms with Crippen LogP contribution in [0.15, 0.2) is 28.0 Å². The van der Waals surface area contributed by atoms with Crippen LogP contribution in [-0.2, 0) is 19.6 Å². The lowest BCUT2D eigenvalue weighted by Gasteiger charge is -2.33. The van der Waals surface area contributed by atoms with Crippen LogP contribution in [0.4, 0.5) is 5.69 Å². The van der Waals surface area contributed by atoms with Crippen molar-refractivity contribution in [3.8, 4) is 0 Å². The SMILES string of the molecule is CN(C(=O)CN1C(=O)CCSc2ccc(S(=O)(=O)N3CCCC3)cc21)C1CCCCC1. The van der Waals surface area contributed by atoms with Gasteiger partial charge in [0, 0.05) is 43.2 Å². The van der Waals surface area contributed by atoms with Gasteiger partial charge in [0.1, 0.15) is 6.54 Å². The van der Waals surface area contributed by atoms with Gasteiger partial charge in [0.25, 0.3) is 0 Å². The Balaban J connectivity index is 1.61. The van der Waals surface area contributed by atoms with E-state index in [4.69, 9.17) is 0 Å². The van der Waals surface area contributed by atoms with Gasteiger partial charge in [-0.2, -0.15) is 4.31 Å². The Morgan fingerprint density at radius 1 is 1.13 bits per heavy atom. The third kappa shape index (κ3) is 4.78. The predicted molar refractivity (Wildman–Crippen MR) is 122 cm³/mol. The van der Waals surface area contributed by atoms with Gasteiger partial charge in [-0.3, -0.25) is 9.59 Å². The van der Waals surface area contributed by atoms with Crippen LogP contribution < -0.4 is 4.90 Å². The monoisotopic (exact) mass is 465 g/mol. The number of rotatable bonds is 5. The molecular weight excluding hydrogens is 434 g/mol. The minimum absolute atomic E-state index is 0.0490. The van der Waals surface area contributed by atoms with Crippen LogP contribution in [0.25, 0.3) is 0 Å². The minimum Gasteiger partial charge on any atom is -0.341 e. The summed E-state index contributed by atoms with van der Waals surface area (Å²) in [6.45, 7) is 1.01. The lowest BCUT2D eigenvalue weighted by molar-refractivity contribution is -0.132. The summed E-state index contributed by atoms with van der Waals surface area (Å²) in [5, 5.41) is 0. The van der Waals surface area contributed by atoms with E-state index < -0.39 is 10.0 Å². The van der Waals surface area contributed by atoms with Crippen LogP contribution in [0, 0.1) is 0 Å². The topological polar surface area (TPSA) is 78.0 Å². The molecule has 31 heavy (non-hydrogen) atoms. The maximum atomic E-state index is 13.1. The Kier molecular flexibility index (Phi) is 6.93. The molecule has 0 unspecified atom stereocenters. The first-order valence-corrected chi connectivity index (χ1v) is 13.6. The summed E-state index contributed by atoms with van der Waals surface area (Å²) in [4.78, 5) is 30.3. The van der Waals surface area contributed by atoms with Gasteiger partial charge in [0.05, 0.1) is 10.6 Å². The molecule has 0 aromatic heterocycles. The van der Waals surface area contributed by atoms with E-state index in [1.165, 1.54) is 27.4 Å². The second-order valence-corrected chi connectivity index (χ2v) is 11.7. The number of sulfonamides is 1. The maximum absolute atomic E-state index is 13.1. The van der Waals surface area contributed by atoms with Gasteiger partial charge in [-0.25, -0.2) is 8.42 Å². The average Bonchev–Trinajstić information content (AvgIpc) is 3.28. The van der Waals surface area contributed by atoms with E-state index in [2.05, 4.69) is 0 Å². The van der Waals surface area contributed by atoms with Crippen molar-refractivity contribution in [3.05, 3.63) is 18.2 Å². The molecule has 0 radical (unpaired) electrons. The third-order valence-electron chi connectivity index (χ3n) is 6.61. The second kappa shape index (κ2) is 9.50. The number of anilines is 1. The highest BCUT2D eigenvalue weighted by atomic mass is 32.2. The molecule has 4 rings (SSSR count). The number of nitrogens with zero attached hydrogens (tertiary/aromatic N) is 3. The van der Waals surface area contributed by atoms with Crippen LogP contribution in [0.2, 0.25) is 0 Å². The van der Waals surface area contributed by atoms with Gasteiger partial charge in [-0.1, -0.05) is 19.3 Å². The molecule has 0 atom stereocenters. The zero-order valence-corrected chi connectivity index (χ0v) is 19.7. The molecule has 0 spiro atoms. The van der Waals surface area contributed by atoms with Crippen LogP contribution in [-0.4, -0.2) is 67.9 Å². The van der Waals surface area contributed by atoms with E-state index in [9.17, 15) is 18.0 Å². The van der Waals surface area contributed by atoms with E-state index in [0.717, 1.165) is 43.4 Å². The Morgan fingerprint density at radius 3 is 2.55 bits per heavy atom. The van der Waals surface area contributed by atoms with Crippen molar-refractivity contribution < 1.29 is 18.0 Å². The van der Waals surface area contributed by atoms with Crippen LogP contribution in [0.3, 0.4) is 0 Å². The lowest BCUT2D eigenvalue weighted by atomic mass is 9.94. The normalized spacial score (nSPS) is 21.1. The standard InChI is InChI=1S/C22H31N3O4S2/c1-23(17-7-3-2-4-8-17)22(27)16-25-19-15-18(31(28,29)24-12-5-6-13-24)9-10-20(19)30-14-11-21(25)26/h9-10,15,17H,2-8,11-14,16H2,1H3. The van der Waals surface area contributed by atoms with E-state index in [0.29, 0.717) is 31.0 Å². The summed E-state index contributed by atoms with van der Waals surface area (Å²) in [7, 11) is -1.77. The van der Waals surface area contributed by atoms with Crippen molar-refractivity contribution in [2.24, 2.45) is 0 Å². The highest BCUT2D eigenvalue weighted by Crippen LogP contribution is 2.37. The van der Waals surface area contributed by atoms with Crippen LogP contribution in [0.1, 0.15) is 51.4 Å². The number of benzene rings is 1. The largest absolute Gasteiger partial charge is 0.341 e. The van der Waals surface area contributed by atoms with Gasteiger partial charge >= 0.3 is 0 Å². The van der Waals surface area contributed by atoms with Crippen LogP contribution >= 0.6 is 11.8 Å². The van der Waals surface area contributed by atoms with Crippen molar-refractivity contribution in [3.63, 3.8) is 0 Å². The molecule has 1 aliphatic carbocycles. The summed E-state index contributed by atoms with van der Waals surface area (Å²) in [5.41, 5.74) is 0.540. The number of fused-ring (bicyclic) bond motifs is 1. The molecule has 7 nitrogen and oxygen atoms in total. The fourth-order valence-corrected chi connectivity index (χ4v) is 7.19. The number of thioether (sulfide) groups is 1. The Morgan fingerprint density at radius 2 is 1.84 bits per heavy atom. The van der Waals surface area contributed by atoms with Gasteiger partial charge in [0.15, 0.2) is 0 Å². The minimum atomic E-state index is -3.60. The zero-order chi connectivity index (χ0) is 22.0. The van der Waals surface area contributed by atoms with Crippen LogP contribution in [0.5, 0.6) is 0 Å². The number of likely N-dealkylation sites (N-methyl/N-ethyl adjacent to an activating group) is 1. The molecule has 0 N–H and O–H groups in total. The molecule has 2 heterocycles. The van der Waals surface area contributed by atoms with Gasteiger partial charge in [-0.05, 0) is 43.9 Å². The van der Waals surface area contributed by atoms with Crippen molar-refractivity contribution in [2.45, 2.75) is 67.2 Å². The third-order valence-corrected chi connectivity index (χ3v) is 9.57. The van der Waals surface area contributed by atoms with Crippen molar-refractivity contribution in [1.82, 2.24) is 9.21 Å². The van der Waals surface area contributed by atoms with Gasteiger partial charge in [0.2, 0.25) is 21.8 Å². The highest BCUT2D eigenvalue weighted by Gasteiger charge is 2.32. The Hall–Kier alpha value is -1.58. The molecule has 9 heteroatoms. The Labute approximate surface area is 189 Å². The lowest BCUT2D eigenvalue weighted by Crippen LogP contribution is -2.46. The average molecular weight is 466 g/mol. The first-order valence-electron chi connectivity index (χ1n) is 11.2. The highest BCUT2D eigenvalue weighted by molar-refractivity contribution is 7.99. The smallest absolute Gasteiger partial charge is 0.243 e. The molecule has 1 saturated carbocycles. The molecule has 1 aromatic rings. The summed E-state index contributed by atoms with van der Waals surface area (Å²) >= 11 is 1.54. The maximum Gasteiger partial charge on any atom is 0.243 e. The van der Waals surface area contributed by atoms with Crippen molar-refractivity contribution >= 4 is 39.3 Å². The second-order valence-electron chi connectivity index (χ2n) is 8.62. The molecule has 0 bridgehead atoms. The van der Waals surface area contributed by atoms with Crippen molar-refractivity contribution in [1.29, 1.82) is 0 Å². The number of carbonyl (C=O) groups excluding carboxylic acids is 2. The van der Waals surface area contributed by atoms with E-state index in [1.807, 2.05) is 7.05 Å². The van der Waals surface area contributed by atoms with E-state index >= 15 is 0 Å². The van der Waals surface area contributed by atoms with Crippen molar-refractivity contribution in [2.75, 3.05) is 37.3 Å². The predicted octanol–water partition coefficient (Wildman–Crippen LogP) is 3.09. The fourth-order valence-electron chi connectivity index (χ4n) is 4.68. The fraction of sp³-hybridized carbons (Fsp3) is 0.636. The number of carbonyl (C=O) groups is 2. The zero-order valence-electron chi connectivity index (χ0n) is 18.1. The summed E-state index contributed by atoms with van der Waals surface area (Å²) in [6, 6.07) is 5.22. The first-order chi connectivity index (χ1) is 14.9. The molecule has 2 aliphatic heterocycles. The number of hydrogen-bond donors (Lipinski definition) is 0. The molecule has 1 saturated heterocycles. The van der Waals surface area contributed by atoms with Gasteiger partial charge < -0.3 is 9.80 Å². The molecule has 2 amide bonds. The Bertz CT molecular complexity index is 938.